The van der Waals surface area contributed by atoms with E-state index in [1.165, 1.54) is 0 Å². The first kappa shape index (κ1) is 22.7. The molecule has 178 valence electrons. The highest BCUT2D eigenvalue weighted by molar-refractivity contribution is 5.86. The standard InChI is InChI=1S/C28H29N5O2/c1-3-8-19(2)28(34)32-17-7-11-23(32)27-31-24(25-26(29)30-16-18-33(25)27)20-12-14-22(15-13-20)35-21-9-5-4-6-10-21/h3-6,8-10,12-16,18-19,23H,7,11,17H2,1-2H3,(H2,29,30)/b8-3+/t19?,23-/m0/s1. The number of hydrogen-bond donors (Lipinski definition) is 1. The third kappa shape index (κ3) is 4.37. The molecule has 0 bridgehead atoms. The smallest absolute Gasteiger partial charge is 0.229 e. The van der Waals surface area contributed by atoms with Gasteiger partial charge in [-0.1, -0.05) is 37.3 Å². The summed E-state index contributed by atoms with van der Waals surface area (Å²) in [7, 11) is 0. The van der Waals surface area contributed by atoms with E-state index in [0.717, 1.165) is 53.5 Å². The zero-order valence-electron chi connectivity index (χ0n) is 20.0. The Labute approximate surface area is 204 Å². The van der Waals surface area contributed by atoms with Crippen molar-refractivity contribution in [1.29, 1.82) is 0 Å². The molecule has 0 spiro atoms. The number of fused-ring (bicyclic) bond motifs is 1. The number of ether oxygens (including phenoxy) is 1. The van der Waals surface area contributed by atoms with Crippen LogP contribution in [0.2, 0.25) is 0 Å². The second-order valence-corrected chi connectivity index (χ2v) is 8.79. The van der Waals surface area contributed by atoms with Gasteiger partial charge in [0.2, 0.25) is 5.91 Å². The Morgan fingerprint density at radius 3 is 2.63 bits per heavy atom. The third-order valence-corrected chi connectivity index (χ3v) is 6.42. The first-order valence-electron chi connectivity index (χ1n) is 12.0. The molecule has 4 aromatic rings. The number of likely N-dealkylation sites (tertiary alicyclic amines) is 1. The lowest BCUT2D eigenvalue weighted by Gasteiger charge is -2.26. The van der Waals surface area contributed by atoms with Crippen LogP contribution < -0.4 is 10.5 Å². The topological polar surface area (TPSA) is 85.8 Å². The maximum Gasteiger partial charge on any atom is 0.229 e. The average molecular weight is 468 g/mol. The SMILES string of the molecule is C/C=C/C(C)C(=O)N1CCC[C@H]1c1nc(-c2ccc(Oc3ccccc3)cc2)c2c(N)nccn12. The quantitative estimate of drug-likeness (QED) is 0.371. The van der Waals surface area contributed by atoms with E-state index in [1.54, 1.807) is 6.20 Å². The number of nitrogens with zero attached hydrogens (tertiary/aromatic N) is 4. The molecular weight excluding hydrogens is 438 g/mol. The van der Waals surface area contributed by atoms with Crippen molar-refractivity contribution in [1.82, 2.24) is 19.3 Å². The van der Waals surface area contributed by atoms with Crippen molar-refractivity contribution >= 4 is 17.2 Å². The molecule has 1 amide bonds. The van der Waals surface area contributed by atoms with Gasteiger partial charge in [-0.15, -0.1) is 0 Å². The van der Waals surface area contributed by atoms with Crippen LogP contribution in [0.4, 0.5) is 5.82 Å². The summed E-state index contributed by atoms with van der Waals surface area (Å²) >= 11 is 0. The summed E-state index contributed by atoms with van der Waals surface area (Å²) < 4.78 is 7.93. The molecule has 0 saturated carbocycles. The Morgan fingerprint density at radius 2 is 1.89 bits per heavy atom. The maximum atomic E-state index is 13.2. The fourth-order valence-electron chi connectivity index (χ4n) is 4.76. The average Bonchev–Trinajstić information content (AvgIpc) is 3.50. The second-order valence-electron chi connectivity index (χ2n) is 8.79. The van der Waals surface area contributed by atoms with Crippen LogP contribution in [0, 0.1) is 5.92 Å². The number of allylic oxidation sites excluding steroid dienone is 1. The normalized spacial score (nSPS) is 16.7. The zero-order valence-corrected chi connectivity index (χ0v) is 20.0. The first-order chi connectivity index (χ1) is 17.1. The number of imidazole rings is 1. The lowest BCUT2D eigenvalue weighted by Crippen LogP contribution is -2.34. The lowest BCUT2D eigenvalue weighted by atomic mass is 10.1. The summed E-state index contributed by atoms with van der Waals surface area (Å²) in [5.74, 6) is 2.68. The lowest BCUT2D eigenvalue weighted by molar-refractivity contribution is -0.134. The van der Waals surface area contributed by atoms with E-state index in [4.69, 9.17) is 15.5 Å². The van der Waals surface area contributed by atoms with Gasteiger partial charge in [-0.05, 0) is 56.2 Å². The number of carbonyl (C=O) groups excluding carboxylic acids is 1. The van der Waals surface area contributed by atoms with E-state index in [1.807, 2.05) is 96.1 Å². The van der Waals surface area contributed by atoms with Gasteiger partial charge in [-0.2, -0.15) is 0 Å². The fourth-order valence-corrected chi connectivity index (χ4v) is 4.76. The number of carbonyl (C=O) groups is 1. The van der Waals surface area contributed by atoms with E-state index >= 15 is 0 Å². The van der Waals surface area contributed by atoms with Crippen molar-refractivity contribution in [2.45, 2.75) is 32.7 Å². The van der Waals surface area contributed by atoms with Crippen LogP contribution in [0.1, 0.15) is 38.6 Å². The van der Waals surface area contributed by atoms with Crippen LogP contribution in [0.3, 0.4) is 0 Å². The molecule has 1 aliphatic heterocycles. The molecule has 2 N–H and O–H groups in total. The Morgan fingerprint density at radius 1 is 1.14 bits per heavy atom. The predicted octanol–water partition coefficient (Wildman–Crippen LogP) is 5.65. The molecule has 1 aliphatic rings. The van der Waals surface area contributed by atoms with Crippen molar-refractivity contribution in [2.24, 2.45) is 5.92 Å². The number of para-hydroxylation sites is 1. The summed E-state index contributed by atoms with van der Waals surface area (Å²) in [6.07, 6.45) is 9.22. The number of rotatable bonds is 6. The molecule has 1 unspecified atom stereocenters. The number of aromatic nitrogens is 3. The highest BCUT2D eigenvalue weighted by Gasteiger charge is 2.35. The van der Waals surface area contributed by atoms with Gasteiger partial charge in [0.05, 0.1) is 12.0 Å². The van der Waals surface area contributed by atoms with Crippen LogP contribution >= 0.6 is 0 Å². The van der Waals surface area contributed by atoms with Gasteiger partial charge in [0.1, 0.15) is 34.4 Å². The van der Waals surface area contributed by atoms with Crippen LogP contribution in [0.5, 0.6) is 11.5 Å². The molecule has 2 aromatic carbocycles. The van der Waals surface area contributed by atoms with E-state index < -0.39 is 0 Å². The van der Waals surface area contributed by atoms with Crippen LogP contribution in [-0.4, -0.2) is 31.7 Å². The molecule has 1 fully saturated rings. The molecule has 0 aliphatic carbocycles. The largest absolute Gasteiger partial charge is 0.457 e. The molecule has 0 radical (unpaired) electrons. The van der Waals surface area contributed by atoms with Crippen molar-refractivity contribution in [3.05, 3.63) is 85.0 Å². The fraction of sp³-hybridized carbons (Fsp3) is 0.250. The number of hydrogen-bond acceptors (Lipinski definition) is 5. The number of nitrogen functional groups attached to an aromatic ring is 1. The summed E-state index contributed by atoms with van der Waals surface area (Å²) in [4.78, 5) is 24.5. The van der Waals surface area contributed by atoms with Gasteiger partial charge in [0, 0.05) is 24.5 Å². The van der Waals surface area contributed by atoms with E-state index in [2.05, 4.69) is 4.98 Å². The Hall–Kier alpha value is -4.13. The molecule has 3 heterocycles. The number of amides is 1. The minimum absolute atomic E-state index is 0.112. The molecule has 2 aromatic heterocycles. The Balaban J connectivity index is 1.52. The zero-order chi connectivity index (χ0) is 24.4. The van der Waals surface area contributed by atoms with Crippen molar-refractivity contribution < 1.29 is 9.53 Å². The van der Waals surface area contributed by atoms with Gasteiger partial charge in [-0.3, -0.25) is 9.20 Å². The summed E-state index contributed by atoms with van der Waals surface area (Å²) in [6.45, 7) is 4.60. The van der Waals surface area contributed by atoms with Crippen molar-refractivity contribution in [3.8, 4) is 22.8 Å². The molecule has 7 nitrogen and oxygen atoms in total. The van der Waals surface area contributed by atoms with Crippen LogP contribution in [0.15, 0.2) is 79.1 Å². The number of benzene rings is 2. The van der Waals surface area contributed by atoms with Gasteiger partial charge in [-0.25, -0.2) is 9.97 Å². The van der Waals surface area contributed by atoms with Crippen molar-refractivity contribution in [3.63, 3.8) is 0 Å². The Bertz CT molecular complexity index is 1360. The highest BCUT2D eigenvalue weighted by atomic mass is 16.5. The van der Waals surface area contributed by atoms with E-state index in [9.17, 15) is 4.79 Å². The van der Waals surface area contributed by atoms with Crippen LogP contribution in [-0.2, 0) is 4.79 Å². The first-order valence-corrected chi connectivity index (χ1v) is 12.0. The summed E-state index contributed by atoms with van der Waals surface area (Å²) in [5.41, 5.74) is 8.74. The van der Waals surface area contributed by atoms with E-state index in [0.29, 0.717) is 5.82 Å². The molecule has 35 heavy (non-hydrogen) atoms. The summed E-state index contributed by atoms with van der Waals surface area (Å²) in [6, 6.07) is 17.3. The van der Waals surface area contributed by atoms with Gasteiger partial charge < -0.3 is 15.4 Å². The molecule has 5 rings (SSSR count). The number of nitrogens with two attached hydrogens (primary N) is 1. The van der Waals surface area contributed by atoms with Gasteiger partial charge in [0.15, 0.2) is 0 Å². The predicted molar refractivity (Wildman–Crippen MR) is 137 cm³/mol. The summed E-state index contributed by atoms with van der Waals surface area (Å²) in [5, 5.41) is 0. The minimum atomic E-state index is -0.171. The second kappa shape index (κ2) is 9.62. The molecular formula is C28H29N5O2. The molecule has 2 atom stereocenters. The Kier molecular flexibility index (Phi) is 6.23. The van der Waals surface area contributed by atoms with Crippen LogP contribution in [0.25, 0.3) is 16.8 Å². The highest BCUT2D eigenvalue weighted by Crippen LogP contribution is 2.37. The molecule has 1 saturated heterocycles. The van der Waals surface area contributed by atoms with Gasteiger partial charge in [0.25, 0.3) is 0 Å². The monoisotopic (exact) mass is 467 g/mol. The van der Waals surface area contributed by atoms with Gasteiger partial charge >= 0.3 is 0 Å². The number of anilines is 1. The third-order valence-electron chi connectivity index (χ3n) is 6.42. The molecule has 7 heteroatoms. The van der Waals surface area contributed by atoms with Crippen molar-refractivity contribution in [2.75, 3.05) is 12.3 Å². The minimum Gasteiger partial charge on any atom is -0.457 e. The maximum absolute atomic E-state index is 13.2. The van der Waals surface area contributed by atoms with E-state index in [-0.39, 0.29) is 17.9 Å².